The summed E-state index contributed by atoms with van der Waals surface area (Å²) >= 11 is 0. The molecule has 2 atom stereocenters. The molecule has 1 N–H and O–H groups in total. The van der Waals surface area contributed by atoms with Gasteiger partial charge in [-0.2, -0.15) is 4.68 Å². The maximum Gasteiger partial charge on any atom is 0.256 e. The summed E-state index contributed by atoms with van der Waals surface area (Å²) in [6.07, 6.45) is 2.43. The molecule has 0 spiro atoms. The number of rotatable bonds is 6. The van der Waals surface area contributed by atoms with Crippen molar-refractivity contribution in [2.24, 2.45) is 0 Å². The van der Waals surface area contributed by atoms with Crippen molar-refractivity contribution in [2.75, 3.05) is 6.61 Å². The highest BCUT2D eigenvalue weighted by Crippen LogP contribution is 2.28. The zero-order chi connectivity index (χ0) is 21.5. The van der Waals surface area contributed by atoms with Crippen molar-refractivity contribution in [1.82, 2.24) is 15.0 Å². The van der Waals surface area contributed by atoms with Crippen LogP contribution in [-0.4, -0.2) is 32.8 Å². The van der Waals surface area contributed by atoms with Crippen LogP contribution in [0.3, 0.4) is 0 Å². The standard InChI is InChI=1S/C26H23N3O2/c1-2-31-26(20-19-22-13-7-4-8-14-22,25(30)18-17-21-11-5-3-6-12-21)29-24-16-10-9-15-23(24)27-28-29/h3-18,25,30H,2H2,1H3/b18-17+. The third kappa shape index (κ3) is 4.41. The molecule has 0 saturated carbocycles. The summed E-state index contributed by atoms with van der Waals surface area (Å²) in [5.41, 5.74) is 1.76. The van der Waals surface area contributed by atoms with Crippen molar-refractivity contribution in [3.05, 3.63) is 102 Å². The van der Waals surface area contributed by atoms with Gasteiger partial charge in [0.25, 0.3) is 5.72 Å². The van der Waals surface area contributed by atoms with Gasteiger partial charge in [0.1, 0.15) is 11.6 Å². The molecule has 3 aromatic carbocycles. The van der Waals surface area contributed by atoms with E-state index in [2.05, 4.69) is 22.2 Å². The van der Waals surface area contributed by atoms with Crippen LogP contribution in [0.1, 0.15) is 18.1 Å². The third-order valence-electron chi connectivity index (χ3n) is 4.86. The average molecular weight is 409 g/mol. The minimum Gasteiger partial charge on any atom is -0.383 e. The minimum absolute atomic E-state index is 0.327. The molecule has 4 aromatic rings. The first kappa shape index (κ1) is 20.5. The molecule has 0 aliphatic rings. The molecule has 5 heteroatoms. The maximum atomic E-state index is 11.4. The van der Waals surface area contributed by atoms with Gasteiger partial charge in [-0.05, 0) is 48.7 Å². The molecule has 0 amide bonds. The van der Waals surface area contributed by atoms with Crippen LogP contribution in [0.4, 0.5) is 0 Å². The minimum atomic E-state index is -1.45. The van der Waals surface area contributed by atoms with E-state index in [1.54, 1.807) is 10.8 Å². The molecule has 1 aromatic heterocycles. The zero-order valence-electron chi connectivity index (χ0n) is 17.2. The van der Waals surface area contributed by atoms with Gasteiger partial charge in [0, 0.05) is 12.2 Å². The van der Waals surface area contributed by atoms with Gasteiger partial charge in [-0.3, -0.25) is 0 Å². The summed E-state index contributed by atoms with van der Waals surface area (Å²) in [6.45, 7) is 2.19. The van der Waals surface area contributed by atoms with Crippen molar-refractivity contribution in [3.8, 4) is 11.8 Å². The highest BCUT2D eigenvalue weighted by atomic mass is 16.5. The SMILES string of the molecule is CCOC(C#Cc1ccccc1)(C(O)/C=C/c1ccccc1)n1nnc2ccccc21. The lowest BCUT2D eigenvalue weighted by Gasteiger charge is -2.32. The molecule has 31 heavy (non-hydrogen) atoms. The smallest absolute Gasteiger partial charge is 0.256 e. The number of para-hydroxylation sites is 1. The largest absolute Gasteiger partial charge is 0.383 e. The number of fused-ring (bicyclic) bond motifs is 1. The number of aliphatic hydroxyl groups excluding tert-OH is 1. The van der Waals surface area contributed by atoms with E-state index in [9.17, 15) is 5.11 Å². The van der Waals surface area contributed by atoms with E-state index in [-0.39, 0.29) is 0 Å². The number of hydrogen-bond donors (Lipinski definition) is 1. The highest BCUT2D eigenvalue weighted by molar-refractivity contribution is 5.74. The molecule has 0 aliphatic heterocycles. The molecule has 0 saturated heterocycles. The van der Waals surface area contributed by atoms with Gasteiger partial charge in [-0.25, -0.2) is 0 Å². The van der Waals surface area contributed by atoms with E-state index in [4.69, 9.17) is 4.74 Å². The van der Waals surface area contributed by atoms with Crippen LogP contribution in [-0.2, 0) is 10.5 Å². The summed E-state index contributed by atoms with van der Waals surface area (Å²) < 4.78 is 7.71. The molecule has 154 valence electrons. The Morgan fingerprint density at radius 2 is 1.68 bits per heavy atom. The Labute approximate surface area is 181 Å². The fourth-order valence-corrected chi connectivity index (χ4v) is 3.35. The summed E-state index contributed by atoms with van der Waals surface area (Å²) in [7, 11) is 0. The Bertz CT molecular complexity index is 1220. The number of nitrogens with zero attached hydrogens (tertiary/aromatic N) is 3. The van der Waals surface area contributed by atoms with E-state index in [1.165, 1.54) is 0 Å². The topological polar surface area (TPSA) is 60.2 Å². The molecule has 5 nitrogen and oxygen atoms in total. The number of hydrogen-bond acceptors (Lipinski definition) is 4. The van der Waals surface area contributed by atoms with Crippen LogP contribution >= 0.6 is 0 Å². The fraction of sp³-hybridized carbons (Fsp3) is 0.154. The lowest BCUT2D eigenvalue weighted by Crippen LogP contribution is -2.46. The Balaban J connectivity index is 1.85. The highest BCUT2D eigenvalue weighted by Gasteiger charge is 2.41. The van der Waals surface area contributed by atoms with Crippen LogP contribution in [0.5, 0.6) is 0 Å². The van der Waals surface area contributed by atoms with Gasteiger partial charge in [0.05, 0.1) is 5.52 Å². The lowest BCUT2D eigenvalue weighted by atomic mass is 10.0. The maximum absolute atomic E-state index is 11.4. The molecular weight excluding hydrogens is 386 g/mol. The Kier molecular flexibility index (Phi) is 6.23. The number of aliphatic hydroxyl groups is 1. The van der Waals surface area contributed by atoms with E-state index in [0.29, 0.717) is 12.1 Å². The van der Waals surface area contributed by atoms with Gasteiger partial charge in [-0.15, -0.1) is 5.10 Å². The number of aromatic nitrogens is 3. The molecular formula is C26H23N3O2. The van der Waals surface area contributed by atoms with Crippen LogP contribution in [0.25, 0.3) is 17.1 Å². The summed E-state index contributed by atoms with van der Waals surface area (Å²) in [5, 5.41) is 19.9. The van der Waals surface area contributed by atoms with Crippen molar-refractivity contribution in [2.45, 2.75) is 18.8 Å². The van der Waals surface area contributed by atoms with E-state index in [0.717, 1.165) is 16.6 Å². The summed E-state index contributed by atoms with van der Waals surface area (Å²) in [4.78, 5) is 0. The van der Waals surface area contributed by atoms with Gasteiger partial charge in [-0.1, -0.05) is 77.9 Å². The van der Waals surface area contributed by atoms with Crippen LogP contribution in [0, 0.1) is 11.8 Å². The zero-order valence-corrected chi connectivity index (χ0v) is 17.2. The average Bonchev–Trinajstić information content (AvgIpc) is 3.26. The number of ether oxygens (including phenoxy) is 1. The monoisotopic (exact) mass is 409 g/mol. The van der Waals surface area contributed by atoms with Crippen LogP contribution in [0.2, 0.25) is 0 Å². The first-order valence-corrected chi connectivity index (χ1v) is 10.2. The Morgan fingerprint density at radius 3 is 2.42 bits per heavy atom. The van der Waals surface area contributed by atoms with Crippen molar-refractivity contribution < 1.29 is 9.84 Å². The number of benzene rings is 3. The molecule has 0 fully saturated rings. The van der Waals surface area contributed by atoms with Gasteiger partial charge in [0.2, 0.25) is 0 Å². The molecule has 0 radical (unpaired) electrons. The summed E-state index contributed by atoms with van der Waals surface area (Å²) in [6, 6.07) is 26.9. The second-order valence-corrected chi connectivity index (χ2v) is 6.95. The van der Waals surface area contributed by atoms with E-state index < -0.39 is 11.8 Å². The Hall–Kier alpha value is -3.72. The molecule has 0 aliphatic carbocycles. The molecule has 4 rings (SSSR count). The van der Waals surface area contributed by atoms with Crippen molar-refractivity contribution >= 4 is 17.1 Å². The summed E-state index contributed by atoms with van der Waals surface area (Å²) in [5.74, 6) is 6.31. The van der Waals surface area contributed by atoms with Crippen LogP contribution in [0.15, 0.2) is 91.0 Å². The van der Waals surface area contributed by atoms with Crippen molar-refractivity contribution in [3.63, 3.8) is 0 Å². The second-order valence-electron chi connectivity index (χ2n) is 6.95. The molecule has 2 unspecified atom stereocenters. The van der Waals surface area contributed by atoms with Crippen molar-refractivity contribution in [1.29, 1.82) is 0 Å². The third-order valence-corrected chi connectivity index (χ3v) is 4.86. The second kappa shape index (κ2) is 9.40. The molecule has 1 heterocycles. The van der Waals surface area contributed by atoms with Crippen LogP contribution < -0.4 is 0 Å². The predicted octanol–water partition coefficient (Wildman–Crippen LogP) is 4.25. The Morgan fingerprint density at radius 1 is 1.00 bits per heavy atom. The van der Waals surface area contributed by atoms with Gasteiger partial charge >= 0.3 is 0 Å². The quantitative estimate of drug-likeness (QED) is 0.484. The van der Waals surface area contributed by atoms with E-state index in [1.807, 2.05) is 97.9 Å². The predicted molar refractivity (Wildman–Crippen MR) is 122 cm³/mol. The lowest BCUT2D eigenvalue weighted by molar-refractivity contribution is -0.122. The first-order valence-electron chi connectivity index (χ1n) is 10.2. The normalized spacial score (nSPS) is 14.1. The molecule has 0 bridgehead atoms. The van der Waals surface area contributed by atoms with Gasteiger partial charge < -0.3 is 9.84 Å². The van der Waals surface area contributed by atoms with E-state index >= 15 is 0 Å². The first-order chi connectivity index (χ1) is 15.2. The fourth-order valence-electron chi connectivity index (χ4n) is 3.35. The van der Waals surface area contributed by atoms with Gasteiger partial charge in [0.15, 0.2) is 0 Å².